The Morgan fingerprint density at radius 2 is 2.13 bits per heavy atom. The van der Waals surface area contributed by atoms with Gasteiger partial charge >= 0.3 is 0 Å². The number of nitrogens with zero attached hydrogens (tertiary/aromatic N) is 2. The molecule has 0 aliphatic carbocycles. The average molecular weight is 194 g/mol. The molecule has 0 spiro atoms. The fraction of sp³-hybridized carbons (Fsp3) is 0. The minimum atomic E-state index is 0.362. The molecule has 0 bridgehead atoms. The predicted octanol–water partition coefficient (Wildman–Crippen LogP) is 2.86. The van der Waals surface area contributed by atoms with Crippen LogP contribution in [0.15, 0.2) is 41.0 Å². The predicted molar refractivity (Wildman–Crippen MR) is 55.4 cm³/mol. The van der Waals surface area contributed by atoms with E-state index in [2.05, 4.69) is 0 Å². The molecule has 1 aromatic carbocycles. The second-order valence-corrected chi connectivity index (χ2v) is 2.97. The largest absolute Gasteiger partial charge is 0.464 e. The first-order valence-electron chi connectivity index (χ1n) is 4.32. The molecule has 0 unspecified atom stereocenters. The minimum Gasteiger partial charge on any atom is -0.464 e. The Morgan fingerprint density at radius 1 is 1.27 bits per heavy atom. The molecule has 0 saturated carbocycles. The highest BCUT2D eigenvalue weighted by Crippen LogP contribution is 2.21. The van der Waals surface area contributed by atoms with Gasteiger partial charge in [-0.2, -0.15) is 10.5 Å². The quantitative estimate of drug-likeness (QED) is 0.655. The summed E-state index contributed by atoms with van der Waals surface area (Å²) in [7, 11) is 0. The summed E-state index contributed by atoms with van der Waals surface area (Å²) in [6.07, 6.45) is 2.83. The van der Waals surface area contributed by atoms with E-state index in [-0.39, 0.29) is 0 Å². The molecule has 0 saturated heterocycles. The lowest BCUT2D eigenvalue weighted by molar-refractivity contribution is 0.616. The molecule has 3 heteroatoms. The van der Waals surface area contributed by atoms with Gasteiger partial charge in [0, 0.05) is 11.5 Å². The van der Waals surface area contributed by atoms with Crippen LogP contribution < -0.4 is 0 Å². The Morgan fingerprint density at radius 3 is 2.87 bits per heavy atom. The van der Waals surface area contributed by atoms with E-state index in [0.29, 0.717) is 5.57 Å². The van der Waals surface area contributed by atoms with Gasteiger partial charge in [-0.3, -0.25) is 0 Å². The van der Waals surface area contributed by atoms with Gasteiger partial charge in [0.25, 0.3) is 0 Å². The van der Waals surface area contributed by atoms with Crippen LogP contribution in [0.1, 0.15) is 5.56 Å². The highest BCUT2D eigenvalue weighted by Gasteiger charge is 2.03. The molecule has 2 aromatic rings. The number of allylic oxidation sites excluding steroid dienone is 2. The van der Waals surface area contributed by atoms with Crippen molar-refractivity contribution in [2.24, 2.45) is 0 Å². The lowest BCUT2D eigenvalue weighted by atomic mass is 10.1. The smallest absolute Gasteiger partial charge is 0.133 e. The molecule has 0 atom stereocenters. The van der Waals surface area contributed by atoms with E-state index in [4.69, 9.17) is 14.9 Å². The van der Waals surface area contributed by atoms with Crippen molar-refractivity contribution in [1.82, 2.24) is 0 Å². The molecule has 0 amide bonds. The maximum absolute atomic E-state index is 8.84. The number of fused-ring (bicyclic) bond motifs is 1. The first-order valence-corrected chi connectivity index (χ1v) is 4.32. The Balaban J connectivity index is 2.58. The number of hydrogen-bond acceptors (Lipinski definition) is 3. The second-order valence-electron chi connectivity index (χ2n) is 2.97. The standard InChI is InChI=1S/C12H6N2O/c13-5-3-11(8-14)9-1-2-12-10(7-9)4-6-15-12/h1-4,6-7H/b11-3+. The van der Waals surface area contributed by atoms with Crippen molar-refractivity contribution < 1.29 is 4.42 Å². The molecule has 2 rings (SSSR count). The molecule has 0 N–H and O–H groups in total. The van der Waals surface area contributed by atoms with E-state index >= 15 is 0 Å². The van der Waals surface area contributed by atoms with Crippen LogP contribution in [0.5, 0.6) is 0 Å². The fourth-order valence-electron chi connectivity index (χ4n) is 1.38. The normalized spacial score (nSPS) is 10.9. The molecule has 15 heavy (non-hydrogen) atoms. The maximum Gasteiger partial charge on any atom is 0.133 e. The summed E-state index contributed by atoms with van der Waals surface area (Å²) in [5.74, 6) is 0. The number of benzene rings is 1. The molecule has 0 fully saturated rings. The molecular weight excluding hydrogens is 188 g/mol. The molecular formula is C12H6N2O. The third kappa shape index (κ3) is 1.59. The molecule has 1 heterocycles. The van der Waals surface area contributed by atoms with Gasteiger partial charge < -0.3 is 4.42 Å². The number of hydrogen-bond donors (Lipinski definition) is 0. The highest BCUT2D eigenvalue weighted by molar-refractivity contribution is 5.86. The van der Waals surface area contributed by atoms with Crippen LogP contribution in [0.3, 0.4) is 0 Å². The minimum absolute atomic E-state index is 0.362. The maximum atomic E-state index is 8.84. The molecule has 0 aliphatic heterocycles. The van der Waals surface area contributed by atoms with E-state index in [1.165, 1.54) is 6.08 Å². The molecule has 70 valence electrons. The molecule has 3 nitrogen and oxygen atoms in total. The Bertz CT molecular complexity index is 608. The van der Waals surface area contributed by atoms with Crippen molar-refractivity contribution >= 4 is 16.5 Å². The van der Waals surface area contributed by atoms with E-state index in [1.54, 1.807) is 18.4 Å². The number of furan rings is 1. The molecule has 0 radical (unpaired) electrons. The van der Waals surface area contributed by atoms with Gasteiger partial charge in [0.2, 0.25) is 0 Å². The van der Waals surface area contributed by atoms with Crippen LogP contribution in [-0.2, 0) is 0 Å². The lowest BCUT2D eigenvalue weighted by Gasteiger charge is -1.96. The van der Waals surface area contributed by atoms with E-state index < -0.39 is 0 Å². The van der Waals surface area contributed by atoms with Crippen LogP contribution in [0.4, 0.5) is 0 Å². The number of nitriles is 2. The molecule has 1 aromatic heterocycles. The topological polar surface area (TPSA) is 60.7 Å². The second kappa shape index (κ2) is 3.69. The van der Waals surface area contributed by atoms with Crippen LogP contribution in [-0.4, -0.2) is 0 Å². The van der Waals surface area contributed by atoms with Crippen molar-refractivity contribution in [2.75, 3.05) is 0 Å². The van der Waals surface area contributed by atoms with Gasteiger partial charge in [0.1, 0.15) is 11.7 Å². The Hall–Kier alpha value is -2.52. The van der Waals surface area contributed by atoms with E-state index in [1.807, 2.05) is 24.3 Å². The summed E-state index contributed by atoms with van der Waals surface area (Å²) in [5, 5.41) is 18.3. The zero-order chi connectivity index (χ0) is 10.7. The molecule has 0 aliphatic rings. The number of rotatable bonds is 1. The van der Waals surface area contributed by atoms with E-state index in [0.717, 1.165) is 16.5 Å². The van der Waals surface area contributed by atoms with Crippen molar-refractivity contribution in [3.8, 4) is 12.1 Å². The first-order chi connectivity index (χ1) is 7.35. The highest BCUT2D eigenvalue weighted by atomic mass is 16.3. The summed E-state index contributed by atoms with van der Waals surface area (Å²) >= 11 is 0. The summed E-state index contributed by atoms with van der Waals surface area (Å²) in [5.41, 5.74) is 1.86. The van der Waals surface area contributed by atoms with Crippen molar-refractivity contribution in [2.45, 2.75) is 0 Å². The third-order valence-corrected chi connectivity index (χ3v) is 2.09. The lowest BCUT2D eigenvalue weighted by Crippen LogP contribution is -1.80. The summed E-state index contributed by atoms with van der Waals surface area (Å²) < 4.78 is 5.18. The van der Waals surface area contributed by atoms with Gasteiger partial charge in [-0.25, -0.2) is 0 Å². The third-order valence-electron chi connectivity index (χ3n) is 2.09. The van der Waals surface area contributed by atoms with Gasteiger partial charge in [0.15, 0.2) is 0 Å². The SMILES string of the molecule is N#C/C=C(\C#N)c1ccc2occc2c1. The Kier molecular flexibility index (Phi) is 2.23. The van der Waals surface area contributed by atoms with Crippen molar-refractivity contribution in [1.29, 1.82) is 10.5 Å². The first kappa shape index (κ1) is 9.05. The summed E-state index contributed by atoms with van der Waals surface area (Å²) in [6, 6.07) is 11.0. The van der Waals surface area contributed by atoms with Gasteiger partial charge in [0.05, 0.1) is 17.9 Å². The van der Waals surface area contributed by atoms with Gasteiger partial charge in [-0.05, 0) is 29.8 Å². The van der Waals surface area contributed by atoms with Crippen LogP contribution in [0, 0.1) is 22.7 Å². The average Bonchev–Trinajstić information content (AvgIpc) is 2.72. The van der Waals surface area contributed by atoms with Crippen molar-refractivity contribution in [3.05, 3.63) is 42.2 Å². The van der Waals surface area contributed by atoms with Crippen LogP contribution in [0.2, 0.25) is 0 Å². The van der Waals surface area contributed by atoms with Crippen molar-refractivity contribution in [3.63, 3.8) is 0 Å². The summed E-state index contributed by atoms with van der Waals surface area (Å²) in [4.78, 5) is 0. The zero-order valence-electron chi connectivity index (χ0n) is 7.77. The van der Waals surface area contributed by atoms with E-state index in [9.17, 15) is 0 Å². The fourth-order valence-corrected chi connectivity index (χ4v) is 1.38. The monoisotopic (exact) mass is 194 g/mol. The van der Waals surface area contributed by atoms with Gasteiger partial charge in [-0.15, -0.1) is 0 Å². The van der Waals surface area contributed by atoms with Gasteiger partial charge in [-0.1, -0.05) is 0 Å². The van der Waals surface area contributed by atoms with Crippen LogP contribution >= 0.6 is 0 Å². The summed E-state index contributed by atoms with van der Waals surface area (Å²) in [6.45, 7) is 0. The zero-order valence-corrected chi connectivity index (χ0v) is 7.77. The Labute approximate surface area is 86.5 Å². The van der Waals surface area contributed by atoms with Crippen LogP contribution in [0.25, 0.3) is 16.5 Å².